The molecular formula is C12H20N4O6S. The fourth-order valence-corrected chi connectivity index (χ4v) is 3.44. The summed E-state index contributed by atoms with van der Waals surface area (Å²) in [6.45, 7) is 3.80. The lowest BCUT2D eigenvalue weighted by molar-refractivity contribution is -0.129. The molecule has 1 saturated carbocycles. The molecular weight excluding hydrogens is 328 g/mol. The van der Waals surface area contributed by atoms with E-state index in [4.69, 9.17) is 4.55 Å². The van der Waals surface area contributed by atoms with Crippen molar-refractivity contribution in [1.82, 2.24) is 20.8 Å². The van der Waals surface area contributed by atoms with Crippen LogP contribution in [0.1, 0.15) is 33.1 Å². The second-order valence-electron chi connectivity index (χ2n) is 6.90. The highest BCUT2D eigenvalue weighted by atomic mass is 32.3. The molecule has 2 heterocycles. The van der Waals surface area contributed by atoms with E-state index in [-0.39, 0.29) is 18.5 Å². The van der Waals surface area contributed by atoms with Crippen LogP contribution in [0.25, 0.3) is 0 Å². The van der Waals surface area contributed by atoms with Crippen LogP contribution in [0.15, 0.2) is 0 Å². The zero-order chi connectivity index (χ0) is 17.0. The fraction of sp³-hybridized carbons (Fsp3) is 0.833. The molecule has 3 N–H and O–H groups in total. The predicted molar refractivity (Wildman–Crippen MR) is 76.8 cm³/mol. The van der Waals surface area contributed by atoms with Crippen molar-refractivity contribution in [2.45, 2.75) is 51.2 Å². The molecule has 2 atom stereocenters. The third-order valence-electron chi connectivity index (χ3n) is 4.54. The summed E-state index contributed by atoms with van der Waals surface area (Å²) in [5.74, 6) is -0.342. The van der Waals surface area contributed by atoms with Gasteiger partial charge in [-0.1, -0.05) is 13.8 Å². The molecule has 2 saturated heterocycles. The van der Waals surface area contributed by atoms with Gasteiger partial charge in [0.05, 0.1) is 6.04 Å². The molecule has 0 aromatic rings. The molecule has 1 aliphatic carbocycles. The number of urea groups is 1. The van der Waals surface area contributed by atoms with Gasteiger partial charge in [-0.2, -0.15) is 13.5 Å². The zero-order valence-electron chi connectivity index (χ0n) is 12.9. The number of carbonyl (C=O) groups is 2. The average molecular weight is 348 g/mol. The zero-order valence-corrected chi connectivity index (χ0v) is 13.7. The van der Waals surface area contributed by atoms with Gasteiger partial charge in [0.15, 0.2) is 0 Å². The van der Waals surface area contributed by atoms with Crippen LogP contribution in [-0.4, -0.2) is 59.5 Å². The third-order valence-corrected chi connectivity index (χ3v) is 4.89. The van der Waals surface area contributed by atoms with Gasteiger partial charge in [0.1, 0.15) is 6.04 Å². The molecule has 11 heteroatoms. The number of rotatable bonds is 5. The number of hydrazine groups is 1. The van der Waals surface area contributed by atoms with Gasteiger partial charge in [-0.3, -0.25) is 14.8 Å². The molecule has 0 aromatic carbocycles. The van der Waals surface area contributed by atoms with Gasteiger partial charge in [-0.05, 0) is 24.7 Å². The molecule has 2 aliphatic heterocycles. The SMILES string of the molecule is CC1(C)CC(C(=O)NNC2CC2)N2CC1N(OS(=O)(=O)O)C2=O. The van der Waals surface area contributed by atoms with Crippen molar-refractivity contribution in [3.63, 3.8) is 0 Å². The first kappa shape index (κ1) is 16.4. The average Bonchev–Trinajstić information content (AvgIpc) is 3.19. The lowest BCUT2D eigenvalue weighted by atomic mass is 9.76. The van der Waals surface area contributed by atoms with Gasteiger partial charge in [0.2, 0.25) is 0 Å². The first-order valence-corrected chi connectivity index (χ1v) is 8.77. The van der Waals surface area contributed by atoms with Crippen LogP contribution in [0.4, 0.5) is 4.79 Å². The summed E-state index contributed by atoms with van der Waals surface area (Å²) in [5, 5.41) is 0.650. The first-order chi connectivity index (χ1) is 10.6. The van der Waals surface area contributed by atoms with E-state index in [0.717, 1.165) is 12.8 Å². The van der Waals surface area contributed by atoms with Crippen LogP contribution in [0, 0.1) is 5.41 Å². The van der Waals surface area contributed by atoms with Crippen LogP contribution < -0.4 is 10.9 Å². The fourth-order valence-electron chi connectivity index (χ4n) is 3.07. The molecule has 2 unspecified atom stereocenters. The van der Waals surface area contributed by atoms with E-state index in [9.17, 15) is 18.0 Å². The Labute approximate surface area is 134 Å². The maximum absolute atomic E-state index is 12.4. The maximum Gasteiger partial charge on any atom is 0.418 e. The molecule has 23 heavy (non-hydrogen) atoms. The van der Waals surface area contributed by atoms with Crippen molar-refractivity contribution < 1.29 is 26.8 Å². The summed E-state index contributed by atoms with van der Waals surface area (Å²) >= 11 is 0. The van der Waals surface area contributed by atoms with E-state index >= 15 is 0 Å². The largest absolute Gasteiger partial charge is 0.418 e. The van der Waals surface area contributed by atoms with Crippen molar-refractivity contribution in [3.8, 4) is 0 Å². The Hall–Kier alpha value is -1.43. The van der Waals surface area contributed by atoms with Crippen LogP contribution in [-0.2, 0) is 19.5 Å². The molecule has 130 valence electrons. The molecule has 0 aromatic heterocycles. The highest BCUT2D eigenvalue weighted by Crippen LogP contribution is 2.42. The Morgan fingerprint density at radius 1 is 1.39 bits per heavy atom. The quantitative estimate of drug-likeness (QED) is 0.447. The Balaban J connectivity index is 1.78. The molecule has 3 rings (SSSR count). The van der Waals surface area contributed by atoms with Gasteiger partial charge < -0.3 is 4.90 Å². The first-order valence-electron chi connectivity index (χ1n) is 7.41. The minimum absolute atomic E-state index is 0.156. The summed E-state index contributed by atoms with van der Waals surface area (Å²) < 4.78 is 35.2. The monoisotopic (exact) mass is 348 g/mol. The Morgan fingerprint density at radius 3 is 2.61 bits per heavy atom. The summed E-state index contributed by atoms with van der Waals surface area (Å²) in [7, 11) is -4.81. The molecule has 2 bridgehead atoms. The van der Waals surface area contributed by atoms with Crippen LogP contribution in [0.3, 0.4) is 0 Å². The molecule has 3 aliphatic rings. The standard InChI is InChI=1S/C12H20N4O6S/c1-12(2)5-8(10(17)14-13-7-3-4-7)15-6-9(12)16(11(15)18)22-23(19,20)21/h7-9,13H,3-6H2,1-2H3,(H,14,17)(H,19,20,21). The Morgan fingerprint density at radius 2 is 2.04 bits per heavy atom. The minimum atomic E-state index is -4.81. The van der Waals surface area contributed by atoms with E-state index in [1.54, 1.807) is 0 Å². The number of nitrogens with zero attached hydrogens (tertiary/aromatic N) is 2. The highest BCUT2D eigenvalue weighted by molar-refractivity contribution is 7.80. The van der Waals surface area contributed by atoms with E-state index in [1.165, 1.54) is 4.90 Å². The second-order valence-corrected chi connectivity index (χ2v) is 7.90. The van der Waals surface area contributed by atoms with Gasteiger partial charge in [0, 0.05) is 12.6 Å². The molecule has 3 amide bonds. The Bertz CT molecular complexity index is 631. The van der Waals surface area contributed by atoms with Gasteiger partial charge in [-0.15, -0.1) is 4.28 Å². The topological polar surface area (TPSA) is 128 Å². The molecule has 10 nitrogen and oxygen atoms in total. The van der Waals surface area contributed by atoms with Gasteiger partial charge in [0.25, 0.3) is 5.91 Å². The predicted octanol–water partition coefficient (Wildman–Crippen LogP) is -0.591. The number of hydroxylamine groups is 2. The number of piperidine rings is 1. The summed E-state index contributed by atoms with van der Waals surface area (Å²) in [5.41, 5.74) is 4.93. The molecule has 0 radical (unpaired) electrons. The van der Waals surface area contributed by atoms with Gasteiger partial charge >= 0.3 is 16.4 Å². The Kier molecular flexibility index (Phi) is 3.78. The number of amides is 3. The van der Waals surface area contributed by atoms with E-state index < -0.39 is 33.9 Å². The highest BCUT2D eigenvalue weighted by Gasteiger charge is 2.56. The molecule has 3 fully saturated rings. The number of hydrogen-bond acceptors (Lipinski definition) is 6. The normalized spacial score (nSPS) is 29.8. The van der Waals surface area contributed by atoms with E-state index in [1.807, 2.05) is 13.8 Å². The van der Waals surface area contributed by atoms with Crippen LogP contribution >= 0.6 is 0 Å². The van der Waals surface area contributed by atoms with Crippen molar-refractivity contribution in [1.29, 1.82) is 0 Å². The maximum atomic E-state index is 12.4. The molecule has 0 spiro atoms. The lowest BCUT2D eigenvalue weighted by Gasteiger charge is -2.40. The third kappa shape index (κ3) is 3.27. The lowest BCUT2D eigenvalue weighted by Crippen LogP contribution is -2.56. The number of nitrogens with one attached hydrogen (secondary N) is 2. The number of hydrogen-bond donors (Lipinski definition) is 3. The van der Waals surface area contributed by atoms with Crippen LogP contribution in [0.5, 0.6) is 0 Å². The van der Waals surface area contributed by atoms with E-state index in [0.29, 0.717) is 11.5 Å². The second kappa shape index (κ2) is 5.30. The van der Waals surface area contributed by atoms with E-state index in [2.05, 4.69) is 15.1 Å². The van der Waals surface area contributed by atoms with Crippen molar-refractivity contribution in [2.24, 2.45) is 5.41 Å². The van der Waals surface area contributed by atoms with Gasteiger partial charge in [-0.25, -0.2) is 10.2 Å². The van der Waals surface area contributed by atoms with Crippen molar-refractivity contribution >= 4 is 22.3 Å². The van der Waals surface area contributed by atoms with Crippen molar-refractivity contribution in [2.75, 3.05) is 6.54 Å². The number of carbonyl (C=O) groups excluding carboxylic acids is 2. The summed E-state index contributed by atoms with van der Waals surface area (Å²) in [4.78, 5) is 26.0. The summed E-state index contributed by atoms with van der Waals surface area (Å²) in [6.07, 6.45) is 2.35. The summed E-state index contributed by atoms with van der Waals surface area (Å²) in [6, 6.07) is -1.77. The minimum Gasteiger partial charge on any atom is -0.309 e. The number of fused-ring (bicyclic) bond motifs is 2. The van der Waals surface area contributed by atoms with Crippen molar-refractivity contribution in [3.05, 3.63) is 0 Å². The smallest absolute Gasteiger partial charge is 0.309 e. The van der Waals surface area contributed by atoms with Crippen LogP contribution in [0.2, 0.25) is 0 Å².